The Kier molecular flexibility index (Phi) is 4.84. The number of rotatable bonds is 4. The minimum absolute atomic E-state index is 0.00920. The van der Waals surface area contributed by atoms with E-state index in [0.29, 0.717) is 23.3 Å². The average molecular weight is 355 g/mol. The van der Waals surface area contributed by atoms with E-state index in [-0.39, 0.29) is 11.6 Å². The number of fused-ring (bicyclic) bond motifs is 1. The zero-order valence-corrected chi connectivity index (χ0v) is 14.8. The van der Waals surface area contributed by atoms with E-state index in [2.05, 4.69) is 10.3 Å². The third kappa shape index (κ3) is 3.10. The number of hydrogen-bond acceptors (Lipinski definition) is 3. The van der Waals surface area contributed by atoms with E-state index >= 15 is 0 Å². The second-order valence-electron chi connectivity index (χ2n) is 6.06. The standard InChI is InChI=1S/C20H19F2N3O/c1-4-25(3)20(26)14-11-23-19(13-8-5-7-12(2)17(13)14)24-16-10-6-9-15(21)18(16)22/h5-11H,4H2,1-3H3,(H,23,24). The second-order valence-corrected chi connectivity index (χ2v) is 6.06. The highest BCUT2D eigenvalue weighted by Crippen LogP contribution is 2.31. The molecule has 3 aromatic rings. The third-order valence-electron chi connectivity index (χ3n) is 4.38. The molecule has 1 aromatic heterocycles. The molecule has 26 heavy (non-hydrogen) atoms. The molecule has 6 heteroatoms. The third-order valence-corrected chi connectivity index (χ3v) is 4.38. The SMILES string of the molecule is CCN(C)C(=O)c1cnc(Nc2cccc(F)c2F)c2cccc(C)c12. The van der Waals surface area contributed by atoms with Crippen LogP contribution in [0.4, 0.5) is 20.3 Å². The van der Waals surface area contributed by atoms with Crippen LogP contribution in [0.1, 0.15) is 22.8 Å². The minimum Gasteiger partial charge on any atom is -0.342 e. The molecule has 0 bridgehead atoms. The molecule has 1 amide bonds. The van der Waals surface area contributed by atoms with E-state index in [1.165, 1.54) is 18.3 Å². The summed E-state index contributed by atoms with van der Waals surface area (Å²) in [6.07, 6.45) is 1.48. The number of hydrogen-bond donors (Lipinski definition) is 1. The molecule has 0 spiro atoms. The summed E-state index contributed by atoms with van der Waals surface area (Å²) in [5, 5.41) is 4.25. The molecule has 1 heterocycles. The van der Waals surface area contributed by atoms with Gasteiger partial charge in [-0.3, -0.25) is 4.79 Å². The Morgan fingerprint density at radius 2 is 1.92 bits per heavy atom. The van der Waals surface area contributed by atoms with Gasteiger partial charge in [0.1, 0.15) is 5.82 Å². The van der Waals surface area contributed by atoms with E-state index < -0.39 is 11.6 Å². The van der Waals surface area contributed by atoms with Gasteiger partial charge in [-0.15, -0.1) is 0 Å². The van der Waals surface area contributed by atoms with Crippen molar-refractivity contribution in [3.05, 3.63) is 65.4 Å². The first-order valence-corrected chi connectivity index (χ1v) is 8.28. The number of pyridine rings is 1. The summed E-state index contributed by atoms with van der Waals surface area (Å²) in [5.74, 6) is -1.68. The van der Waals surface area contributed by atoms with Gasteiger partial charge in [0.2, 0.25) is 0 Å². The van der Waals surface area contributed by atoms with Crippen LogP contribution in [0.2, 0.25) is 0 Å². The predicted molar refractivity (Wildman–Crippen MR) is 98.8 cm³/mol. The minimum atomic E-state index is -0.971. The van der Waals surface area contributed by atoms with E-state index in [4.69, 9.17) is 0 Å². The first-order valence-electron chi connectivity index (χ1n) is 8.28. The first kappa shape index (κ1) is 17.8. The largest absolute Gasteiger partial charge is 0.342 e. The molecule has 0 aliphatic heterocycles. The van der Waals surface area contributed by atoms with Crippen LogP contribution in [0.15, 0.2) is 42.6 Å². The van der Waals surface area contributed by atoms with Gasteiger partial charge in [0.15, 0.2) is 11.6 Å². The van der Waals surface area contributed by atoms with E-state index in [1.54, 1.807) is 18.0 Å². The van der Waals surface area contributed by atoms with Crippen LogP contribution in [0, 0.1) is 18.6 Å². The van der Waals surface area contributed by atoms with Crippen molar-refractivity contribution in [1.29, 1.82) is 0 Å². The molecule has 0 fully saturated rings. The van der Waals surface area contributed by atoms with Gasteiger partial charge in [0, 0.05) is 30.6 Å². The molecule has 0 aliphatic rings. The number of amides is 1. The molecule has 0 unspecified atom stereocenters. The maximum Gasteiger partial charge on any atom is 0.255 e. The van der Waals surface area contributed by atoms with Gasteiger partial charge < -0.3 is 10.2 Å². The van der Waals surface area contributed by atoms with Gasteiger partial charge >= 0.3 is 0 Å². The van der Waals surface area contributed by atoms with Crippen molar-refractivity contribution in [2.24, 2.45) is 0 Å². The fraction of sp³-hybridized carbons (Fsp3) is 0.200. The molecule has 0 saturated carbocycles. The van der Waals surface area contributed by atoms with Crippen LogP contribution in [0.3, 0.4) is 0 Å². The normalized spacial score (nSPS) is 10.8. The van der Waals surface area contributed by atoms with Crippen LogP contribution in [-0.4, -0.2) is 29.4 Å². The zero-order chi connectivity index (χ0) is 18.8. The molecule has 0 saturated heterocycles. The highest BCUT2D eigenvalue weighted by molar-refractivity contribution is 6.10. The maximum absolute atomic E-state index is 14.0. The summed E-state index contributed by atoms with van der Waals surface area (Å²) < 4.78 is 27.5. The molecule has 1 N–H and O–H groups in total. The summed E-state index contributed by atoms with van der Waals surface area (Å²) in [7, 11) is 1.72. The Morgan fingerprint density at radius 3 is 2.65 bits per heavy atom. The van der Waals surface area contributed by atoms with Gasteiger partial charge in [0.05, 0.1) is 11.3 Å². The Balaban J connectivity index is 2.16. The number of halogens is 2. The summed E-state index contributed by atoms with van der Waals surface area (Å²) in [6.45, 7) is 4.36. The Hall–Kier alpha value is -3.02. The number of carbonyl (C=O) groups excluding carboxylic acids is 1. The van der Waals surface area contributed by atoms with Crippen LogP contribution in [0.5, 0.6) is 0 Å². The number of anilines is 2. The maximum atomic E-state index is 14.0. The Morgan fingerprint density at radius 1 is 1.19 bits per heavy atom. The van der Waals surface area contributed by atoms with Crippen LogP contribution < -0.4 is 5.32 Å². The van der Waals surface area contributed by atoms with Crippen molar-refractivity contribution in [2.75, 3.05) is 18.9 Å². The van der Waals surface area contributed by atoms with E-state index in [0.717, 1.165) is 17.0 Å². The quantitative estimate of drug-likeness (QED) is 0.740. The summed E-state index contributed by atoms with van der Waals surface area (Å²) in [4.78, 5) is 18.6. The van der Waals surface area contributed by atoms with Gasteiger partial charge in [-0.2, -0.15) is 0 Å². The zero-order valence-electron chi connectivity index (χ0n) is 14.8. The van der Waals surface area contributed by atoms with Gasteiger partial charge in [-0.05, 0) is 31.5 Å². The fourth-order valence-corrected chi connectivity index (χ4v) is 2.82. The van der Waals surface area contributed by atoms with Crippen molar-refractivity contribution >= 4 is 28.2 Å². The average Bonchev–Trinajstić information content (AvgIpc) is 2.64. The van der Waals surface area contributed by atoms with Gasteiger partial charge in [-0.1, -0.05) is 24.3 Å². The molecule has 134 valence electrons. The summed E-state index contributed by atoms with van der Waals surface area (Å²) in [6, 6.07) is 9.45. The number of nitrogens with one attached hydrogen (secondary N) is 1. The van der Waals surface area contributed by atoms with Crippen molar-refractivity contribution in [2.45, 2.75) is 13.8 Å². The number of aromatic nitrogens is 1. The van der Waals surface area contributed by atoms with Crippen molar-refractivity contribution in [3.63, 3.8) is 0 Å². The second kappa shape index (κ2) is 7.07. The lowest BCUT2D eigenvalue weighted by atomic mass is 10.0. The number of benzene rings is 2. The lowest BCUT2D eigenvalue weighted by Gasteiger charge is -2.18. The van der Waals surface area contributed by atoms with E-state index in [1.807, 2.05) is 26.0 Å². The highest BCUT2D eigenvalue weighted by Gasteiger charge is 2.18. The summed E-state index contributed by atoms with van der Waals surface area (Å²) >= 11 is 0. The van der Waals surface area contributed by atoms with Crippen LogP contribution in [-0.2, 0) is 0 Å². The lowest BCUT2D eigenvalue weighted by molar-refractivity contribution is 0.0804. The molecule has 3 rings (SSSR count). The highest BCUT2D eigenvalue weighted by atomic mass is 19.2. The topological polar surface area (TPSA) is 45.2 Å². The molecular weight excluding hydrogens is 336 g/mol. The molecule has 0 atom stereocenters. The Labute approximate surface area is 150 Å². The molecule has 2 aromatic carbocycles. The molecular formula is C20H19F2N3O. The molecule has 0 radical (unpaired) electrons. The van der Waals surface area contributed by atoms with Crippen molar-refractivity contribution in [1.82, 2.24) is 9.88 Å². The molecule has 0 aliphatic carbocycles. The lowest BCUT2D eigenvalue weighted by Crippen LogP contribution is -2.26. The smallest absolute Gasteiger partial charge is 0.255 e. The predicted octanol–water partition coefficient (Wildman–Crippen LogP) is 4.66. The monoisotopic (exact) mass is 355 g/mol. The van der Waals surface area contributed by atoms with Gasteiger partial charge in [0.25, 0.3) is 5.91 Å². The number of aryl methyl sites for hydroxylation is 1. The van der Waals surface area contributed by atoms with E-state index in [9.17, 15) is 13.6 Å². The Bertz CT molecular complexity index is 988. The number of nitrogens with zero attached hydrogens (tertiary/aromatic N) is 2. The van der Waals surface area contributed by atoms with Crippen molar-refractivity contribution in [3.8, 4) is 0 Å². The van der Waals surface area contributed by atoms with Crippen molar-refractivity contribution < 1.29 is 13.6 Å². The number of carbonyl (C=O) groups is 1. The first-order chi connectivity index (χ1) is 12.4. The van der Waals surface area contributed by atoms with Gasteiger partial charge in [-0.25, -0.2) is 13.8 Å². The summed E-state index contributed by atoms with van der Waals surface area (Å²) in [5.41, 5.74) is 1.37. The van der Waals surface area contributed by atoms with Crippen LogP contribution in [0.25, 0.3) is 10.8 Å². The van der Waals surface area contributed by atoms with Crippen LogP contribution >= 0.6 is 0 Å². The molecule has 4 nitrogen and oxygen atoms in total. The fourth-order valence-electron chi connectivity index (χ4n) is 2.82.